The molecule has 2 aromatic carbocycles. The number of fused-ring (bicyclic) bond motifs is 1. The predicted octanol–water partition coefficient (Wildman–Crippen LogP) is 4.92. The lowest BCUT2D eigenvalue weighted by Gasteiger charge is -2.31. The molecule has 5 heteroatoms. The number of ketones is 1. The molecule has 33 heavy (non-hydrogen) atoms. The molecule has 0 bridgehead atoms. The van der Waals surface area contributed by atoms with E-state index < -0.39 is 0 Å². The third-order valence-corrected chi connectivity index (χ3v) is 6.86. The Kier molecular flexibility index (Phi) is 6.96. The number of carbonyl (C=O) groups excluding carboxylic acids is 3. The molecule has 0 atom stereocenters. The lowest BCUT2D eigenvalue weighted by molar-refractivity contribution is -0.118. The topological polar surface area (TPSA) is 57.7 Å². The maximum Gasteiger partial charge on any atom is 0.253 e. The summed E-state index contributed by atoms with van der Waals surface area (Å²) < 4.78 is 0. The maximum atomic E-state index is 13.1. The fourth-order valence-electron chi connectivity index (χ4n) is 5.02. The quantitative estimate of drug-likeness (QED) is 0.592. The van der Waals surface area contributed by atoms with Gasteiger partial charge in [0.25, 0.3) is 5.91 Å². The Morgan fingerprint density at radius 3 is 2.24 bits per heavy atom. The highest BCUT2D eigenvalue weighted by Crippen LogP contribution is 2.30. The third-order valence-electron chi connectivity index (χ3n) is 6.86. The van der Waals surface area contributed by atoms with Crippen LogP contribution in [0.4, 0.5) is 5.69 Å². The van der Waals surface area contributed by atoms with Gasteiger partial charge in [0, 0.05) is 48.8 Å². The largest absolute Gasteiger partial charge is 0.339 e. The molecule has 0 N–H and O–H groups in total. The number of carbonyl (C=O) groups is 3. The van der Waals surface area contributed by atoms with Crippen molar-refractivity contribution in [3.8, 4) is 0 Å². The van der Waals surface area contributed by atoms with Crippen molar-refractivity contribution < 1.29 is 14.4 Å². The molecule has 0 radical (unpaired) electrons. The first-order valence-electron chi connectivity index (χ1n) is 12.2. The molecule has 0 spiro atoms. The number of rotatable bonds is 6. The van der Waals surface area contributed by atoms with Crippen LogP contribution in [0.2, 0.25) is 0 Å². The van der Waals surface area contributed by atoms with E-state index in [-0.39, 0.29) is 23.5 Å². The van der Waals surface area contributed by atoms with Gasteiger partial charge >= 0.3 is 0 Å². The number of hydrogen-bond donors (Lipinski definition) is 0. The number of amides is 2. The zero-order valence-electron chi connectivity index (χ0n) is 20.0. The first-order chi connectivity index (χ1) is 15.9. The minimum atomic E-state index is -0.0290. The fourth-order valence-corrected chi connectivity index (χ4v) is 5.02. The Hall–Kier alpha value is -2.95. The van der Waals surface area contributed by atoms with Gasteiger partial charge in [-0.05, 0) is 60.9 Å². The molecule has 0 unspecified atom stereocenters. The first kappa shape index (κ1) is 23.2. The van der Waals surface area contributed by atoms with Gasteiger partial charge in [-0.3, -0.25) is 14.4 Å². The van der Waals surface area contributed by atoms with Crippen molar-refractivity contribution in [1.82, 2.24) is 4.90 Å². The molecule has 174 valence electrons. The summed E-state index contributed by atoms with van der Waals surface area (Å²) >= 11 is 0. The van der Waals surface area contributed by atoms with Crippen molar-refractivity contribution in [1.29, 1.82) is 0 Å². The molecule has 5 nitrogen and oxygen atoms in total. The third kappa shape index (κ3) is 5.02. The second kappa shape index (κ2) is 9.90. The molecule has 2 aliphatic rings. The Morgan fingerprint density at radius 1 is 0.939 bits per heavy atom. The molecule has 2 amide bonds. The number of Topliss-reactive ketones (excluding diaryl/α,β-unsaturated/α-hetero) is 1. The van der Waals surface area contributed by atoms with E-state index in [1.54, 1.807) is 0 Å². The molecular weight excluding hydrogens is 412 g/mol. The van der Waals surface area contributed by atoms with Gasteiger partial charge < -0.3 is 9.80 Å². The van der Waals surface area contributed by atoms with E-state index in [0.29, 0.717) is 50.4 Å². The van der Waals surface area contributed by atoms with Crippen molar-refractivity contribution in [3.63, 3.8) is 0 Å². The highest BCUT2D eigenvalue weighted by atomic mass is 16.2. The van der Waals surface area contributed by atoms with Crippen molar-refractivity contribution in [2.24, 2.45) is 11.8 Å². The summed E-state index contributed by atoms with van der Waals surface area (Å²) in [6.07, 6.45) is 3.68. The van der Waals surface area contributed by atoms with Crippen LogP contribution in [-0.2, 0) is 17.6 Å². The van der Waals surface area contributed by atoms with Gasteiger partial charge in [0.1, 0.15) is 0 Å². The fraction of sp³-hybridized carbons (Fsp3) is 0.464. The van der Waals surface area contributed by atoms with E-state index in [2.05, 4.69) is 26.0 Å². The number of piperidine rings is 1. The van der Waals surface area contributed by atoms with Crippen LogP contribution in [0.15, 0.2) is 42.5 Å². The number of anilines is 1. The van der Waals surface area contributed by atoms with Crippen molar-refractivity contribution >= 4 is 23.3 Å². The van der Waals surface area contributed by atoms with Gasteiger partial charge in [-0.2, -0.15) is 0 Å². The van der Waals surface area contributed by atoms with Gasteiger partial charge in [-0.25, -0.2) is 0 Å². The van der Waals surface area contributed by atoms with Gasteiger partial charge in [-0.15, -0.1) is 0 Å². The average molecular weight is 447 g/mol. The van der Waals surface area contributed by atoms with Crippen molar-refractivity contribution in [3.05, 3.63) is 64.7 Å². The molecular formula is C28H34N2O3. The lowest BCUT2D eigenvalue weighted by Crippen LogP contribution is -2.40. The Balaban J connectivity index is 1.36. The Labute approximate surface area is 196 Å². The first-order valence-corrected chi connectivity index (χ1v) is 12.2. The van der Waals surface area contributed by atoms with E-state index in [0.717, 1.165) is 29.7 Å². The summed E-state index contributed by atoms with van der Waals surface area (Å²) in [4.78, 5) is 41.9. The van der Waals surface area contributed by atoms with Crippen LogP contribution in [0.1, 0.15) is 71.9 Å². The highest BCUT2D eigenvalue weighted by molar-refractivity contribution is 5.99. The molecule has 2 heterocycles. The zero-order valence-corrected chi connectivity index (χ0v) is 20.0. The van der Waals surface area contributed by atoms with Gasteiger partial charge in [-0.1, -0.05) is 45.0 Å². The predicted molar refractivity (Wildman–Crippen MR) is 131 cm³/mol. The summed E-state index contributed by atoms with van der Waals surface area (Å²) in [6.45, 7) is 8.13. The summed E-state index contributed by atoms with van der Waals surface area (Å²) in [7, 11) is 0. The van der Waals surface area contributed by atoms with Crippen molar-refractivity contribution in [2.75, 3.05) is 24.5 Å². The number of benzene rings is 2. The number of likely N-dealkylation sites (tertiary alicyclic amines) is 1. The van der Waals surface area contributed by atoms with E-state index in [1.807, 2.05) is 47.1 Å². The van der Waals surface area contributed by atoms with E-state index in [1.165, 1.54) is 5.56 Å². The molecule has 0 aliphatic carbocycles. The summed E-state index contributed by atoms with van der Waals surface area (Å²) in [5.41, 5.74) is 4.70. The Bertz CT molecular complexity index is 1030. The smallest absolute Gasteiger partial charge is 0.253 e. The standard InChI is InChI=1S/C28H34N2O3/c1-4-26(31)30-16-13-23-18-24(9-10-25(23)30)28(33)29-14-11-22(12-15-29)27(32)21-7-5-20(6-8-21)17-19(2)3/h5-10,18-19,22H,4,11-17H2,1-3H3. The highest BCUT2D eigenvalue weighted by Gasteiger charge is 2.30. The van der Waals surface area contributed by atoms with Crippen molar-refractivity contribution in [2.45, 2.75) is 52.9 Å². The average Bonchev–Trinajstić information content (AvgIpc) is 3.26. The molecule has 2 aliphatic heterocycles. The normalized spacial score (nSPS) is 16.2. The second-order valence-electron chi connectivity index (χ2n) is 9.72. The Morgan fingerprint density at radius 2 is 1.61 bits per heavy atom. The van der Waals surface area contributed by atoms with Crippen LogP contribution in [0.25, 0.3) is 0 Å². The lowest BCUT2D eigenvalue weighted by atomic mass is 9.88. The summed E-state index contributed by atoms with van der Waals surface area (Å²) in [6, 6.07) is 13.7. The SMILES string of the molecule is CCC(=O)N1CCc2cc(C(=O)N3CCC(C(=O)c4ccc(CC(C)C)cc4)CC3)ccc21. The number of hydrogen-bond acceptors (Lipinski definition) is 3. The van der Waals surface area contributed by atoms with Crippen LogP contribution in [0.3, 0.4) is 0 Å². The van der Waals surface area contributed by atoms with Gasteiger partial charge in [0.05, 0.1) is 0 Å². The summed E-state index contributed by atoms with van der Waals surface area (Å²) in [5.74, 6) is 0.892. The van der Waals surface area contributed by atoms with Crippen LogP contribution >= 0.6 is 0 Å². The zero-order chi connectivity index (χ0) is 23.5. The van der Waals surface area contributed by atoms with Gasteiger partial charge in [0.2, 0.25) is 5.91 Å². The van der Waals surface area contributed by atoms with Gasteiger partial charge in [0.15, 0.2) is 5.78 Å². The van der Waals surface area contributed by atoms with Crippen LogP contribution in [-0.4, -0.2) is 42.1 Å². The summed E-state index contributed by atoms with van der Waals surface area (Å²) in [5, 5.41) is 0. The van der Waals surface area contributed by atoms with E-state index >= 15 is 0 Å². The monoisotopic (exact) mass is 446 g/mol. The number of nitrogens with zero attached hydrogens (tertiary/aromatic N) is 2. The van der Waals surface area contributed by atoms with Crippen LogP contribution in [0, 0.1) is 11.8 Å². The second-order valence-corrected chi connectivity index (χ2v) is 9.72. The molecule has 1 fully saturated rings. The van der Waals surface area contributed by atoms with E-state index in [4.69, 9.17) is 0 Å². The molecule has 2 aromatic rings. The minimum absolute atomic E-state index is 0.0157. The van der Waals surface area contributed by atoms with E-state index in [9.17, 15) is 14.4 Å². The molecule has 0 saturated carbocycles. The molecule has 0 aromatic heterocycles. The van der Waals surface area contributed by atoms with Crippen LogP contribution < -0.4 is 4.90 Å². The molecule has 1 saturated heterocycles. The minimum Gasteiger partial charge on any atom is -0.339 e. The maximum absolute atomic E-state index is 13.1. The molecule has 4 rings (SSSR count). The van der Waals surface area contributed by atoms with Crippen LogP contribution in [0.5, 0.6) is 0 Å².